The van der Waals surface area contributed by atoms with Gasteiger partial charge in [-0.1, -0.05) is 22.0 Å². The Balaban J connectivity index is 1.58. The molecule has 32 heavy (non-hydrogen) atoms. The number of carbonyl (C=O) groups excluding carboxylic acids is 1. The van der Waals surface area contributed by atoms with Gasteiger partial charge in [0.05, 0.1) is 16.9 Å². The molecule has 3 N–H and O–H groups in total. The van der Waals surface area contributed by atoms with Gasteiger partial charge < -0.3 is 10.7 Å². The molecule has 10 heteroatoms. The Bertz CT molecular complexity index is 1200. The first-order chi connectivity index (χ1) is 15.2. The first-order valence-electron chi connectivity index (χ1n) is 9.43. The van der Waals surface area contributed by atoms with Crippen LogP contribution in [0.25, 0.3) is 5.70 Å². The number of hydrogen-bond acceptors (Lipinski definition) is 5. The third kappa shape index (κ3) is 4.76. The molecule has 0 atom stereocenters. The number of hydrogen-bond donors (Lipinski definition) is 3. The number of rotatable bonds is 4. The first kappa shape index (κ1) is 21.8. The van der Waals surface area contributed by atoms with E-state index in [1.54, 1.807) is 35.6 Å². The number of nitrogens with one attached hydrogen (secondary N) is 3. The Morgan fingerprint density at radius 2 is 1.97 bits per heavy atom. The van der Waals surface area contributed by atoms with Crippen molar-refractivity contribution in [3.05, 3.63) is 93.9 Å². The van der Waals surface area contributed by atoms with Crippen molar-refractivity contribution in [2.75, 3.05) is 10.3 Å². The topological polar surface area (TPSA) is 69.3 Å². The minimum Gasteiger partial charge on any atom is -0.322 e. The Morgan fingerprint density at radius 1 is 1.16 bits per heavy atom. The summed E-state index contributed by atoms with van der Waals surface area (Å²) >= 11 is 3.06. The van der Waals surface area contributed by atoms with Crippen LogP contribution >= 0.6 is 15.9 Å². The van der Waals surface area contributed by atoms with Crippen molar-refractivity contribution in [1.29, 1.82) is 0 Å². The predicted molar refractivity (Wildman–Crippen MR) is 119 cm³/mol. The van der Waals surface area contributed by atoms with Crippen molar-refractivity contribution >= 4 is 38.9 Å². The molecule has 0 unspecified atom stereocenters. The maximum absolute atomic E-state index is 13.1. The fourth-order valence-corrected chi connectivity index (χ4v) is 3.64. The van der Waals surface area contributed by atoms with Gasteiger partial charge in [0, 0.05) is 39.9 Å². The number of halogens is 4. The lowest BCUT2D eigenvalue weighted by atomic mass is 10.1. The Morgan fingerprint density at radius 3 is 2.69 bits per heavy atom. The smallest absolute Gasteiger partial charge is 0.322 e. The molecule has 0 spiro atoms. The van der Waals surface area contributed by atoms with E-state index >= 15 is 0 Å². The van der Waals surface area contributed by atoms with Crippen LogP contribution in [0.1, 0.15) is 27.0 Å². The van der Waals surface area contributed by atoms with Crippen molar-refractivity contribution < 1.29 is 18.0 Å². The molecule has 0 saturated heterocycles. The summed E-state index contributed by atoms with van der Waals surface area (Å²) in [5, 5.41) is 4.25. The van der Waals surface area contributed by atoms with Gasteiger partial charge in [-0.2, -0.15) is 13.2 Å². The molecular formula is C22H17BrF3N5O. The summed E-state index contributed by atoms with van der Waals surface area (Å²) < 4.78 is 39.4. The van der Waals surface area contributed by atoms with Gasteiger partial charge in [-0.3, -0.25) is 14.8 Å². The van der Waals surface area contributed by atoms with E-state index in [-0.39, 0.29) is 10.2 Å². The highest BCUT2D eigenvalue weighted by Gasteiger charge is 2.31. The van der Waals surface area contributed by atoms with Crippen LogP contribution < -0.4 is 21.3 Å². The van der Waals surface area contributed by atoms with Crippen molar-refractivity contribution in [3.63, 3.8) is 0 Å². The molecule has 1 aliphatic rings. The number of alkyl halides is 3. The largest absolute Gasteiger partial charge is 0.416 e. The fraction of sp³-hybridized carbons (Fsp3) is 0.0909. The molecule has 2 heterocycles. The molecule has 4 rings (SSSR count). The van der Waals surface area contributed by atoms with Crippen LogP contribution in [0.4, 0.5) is 24.5 Å². The number of benzene rings is 2. The highest BCUT2D eigenvalue weighted by atomic mass is 79.9. The minimum atomic E-state index is -4.52. The second-order valence-electron chi connectivity index (χ2n) is 7.07. The molecule has 2 aromatic carbocycles. The molecule has 6 nitrogen and oxygen atoms in total. The van der Waals surface area contributed by atoms with Crippen LogP contribution in [-0.2, 0) is 6.18 Å². The lowest BCUT2D eigenvalue weighted by Gasteiger charge is -2.19. The number of amides is 1. The molecule has 0 aliphatic carbocycles. The number of pyridine rings is 1. The number of aryl methyl sites for hydroxylation is 1. The normalized spacial score (nSPS) is 13.5. The average molecular weight is 504 g/mol. The van der Waals surface area contributed by atoms with Crippen molar-refractivity contribution in [3.8, 4) is 0 Å². The highest BCUT2D eigenvalue weighted by Crippen LogP contribution is 2.33. The predicted octanol–water partition coefficient (Wildman–Crippen LogP) is 5.25. The summed E-state index contributed by atoms with van der Waals surface area (Å²) in [5.74, 6) is -0.527. The van der Waals surface area contributed by atoms with Crippen LogP contribution in [-0.4, -0.2) is 10.9 Å². The zero-order valence-electron chi connectivity index (χ0n) is 16.7. The van der Waals surface area contributed by atoms with E-state index in [4.69, 9.17) is 0 Å². The summed E-state index contributed by atoms with van der Waals surface area (Å²) in [6.07, 6.45) is 0.700. The second-order valence-corrected chi connectivity index (χ2v) is 7.99. The summed E-state index contributed by atoms with van der Waals surface area (Å²) in [6, 6.07) is 12.0. The van der Waals surface area contributed by atoms with Gasteiger partial charge in [0.2, 0.25) is 0 Å². The summed E-state index contributed by atoms with van der Waals surface area (Å²) in [7, 11) is 0. The highest BCUT2D eigenvalue weighted by molar-refractivity contribution is 9.10. The van der Waals surface area contributed by atoms with E-state index in [1.807, 2.05) is 25.3 Å². The Hall–Kier alpha value is -3.37. The molecule has 0 bridgehead atoms. The van der Waals surface area contributed by atoms with Gasteiger partial charge in [0.1, 0.15) is 0 Å². The van der Waals surface area contributed by atoms with Crippen molar-refractivity contribution in [2.45, 2.75) is 13.1 Å². The van der Waals surface area contributed by atoms with Crippen LogP contribution in [0, 0.1) is 6.92 Å². The number of carbonyl (C=O) groups is 1. The fourth-order valence-electron chi connectivity index (χ4n) is 3.15. The van der Waals surface area contributed by atoms with E-state index < -0.39 is 17.6 Å². The maximum atomic E-state index is 13.1. The van der Waals surface area contributed by atoms with E-state index in [2.05, 4.69) is 37.2 Å². The van der Waals surface area contributed by atoms with E-state index in [0.29, 0.717) is 11.3 Å². The zero-order valence-corrected chi connectivity index (χ0v) is 18.3. The standard InChI is InChI=1S/C22H17BrF3N5O/c1-13-4-5-14(21(32)28-18-9-16(22(24,25)26)8-17(23)10-18)7-20(13)31-12-19(29-30-31)15-3-2-6-27-11-15/h2-12,29-30H,1H3,(H,28,32). The van der Waals surface area contributed by atoms with E-state index in [9.17, 15) is 18.0 Å². The van der Waals surface area contributed by atoms with Crippen LogP contribution in [0.2, 0.25) is 0 Å². The summed E-state index contributed by atoms with van der Waals surface area (Å²) in [6.45, 7) is 1.89. The molecule has 3 aromatic rings. The SMILES string of the molecule is Cc1ccc(C(=O)Nc2cc(Br)cc(C(F)(F)F)c2)cc1N1C=C(c2cccnc2)NN1. The first-order valence-corrected chi connectivity index (χ1v) is 10.2. The second kappa shape index (κ2) is 8.64. The molecule has 0 saturated carbocycles. The Kier molecular flexibility index (Phi) is 5.90. The summed E-state index contributed by atoms with van der Waals surface area (Å²) in [4.78, 5) is 16.9. The van der Waals surface area contributed by atoms with Crippen LogP contribution in [0.5, 0.6) is 0 Å². The minimum absolute atomic E-state index is 0.0403. The molecule has 1 aliphatic heterocycles. The Labute approximate surface area is 190 Å². The van der Waals surface area contributed by atoms with Gasteiger partial charge in [0.25, 0.3) is 5.91 Å². The van der Waals surface area contributed by atoms with Gasteiger partial charge in [-0.05, 0) is 55.0 Å². The number of nitrogens with zero attached hydrogens (tertiary/aromatic N) is 2. The van der Waals surface area contributed by atoms with E-state index in [1.165, 1.54) is 6.07 Å². The lowest BCUT2D eigenvalue weighted by molar-refractivity contribution is -0.137. The van der Waals surface area contributed by atoms with Gasteiger partial charge >= 0.3 is 6.18 Å². The molecule has 164 valence electrons. The number of aromatic nitrogens is 1. The van der Waals surface area contributed by atoms with Crippen LogP contribution in [0.3, 0.4) is 0 Å². The van der Waals surface area contributed by atoms with Crippen molar-refractivity contribution in [1.82, 2.24) is 15.9 Å². The third-order valence-corrected chi connectivity index (χ3v) is 5.21. The van der Waals surface area contributed by atoms with Gasteiger partial charge in [-0.25, -0.2) is 0 Å². The van der Waals surface area contributed by atoms with Crippen LogP contribution in [0.15, 0.2) is 71.6 Å². The summed E-state index contributed by atoms with van der Waals surface area (Å²) in [5.41, 5.74) is 8.80. The van der Waals surface area contributed by atoms with E-state index in [0.717, 1.165) is 29.0 Å². The van der Waals surface area contributed by atoms with Crippen molar-refractivity contribution in [2.24, 2.45) is 0 Å². The number of anilines is 2. The van der Waals surface area contributed by atoms with Gasteiger partial charge in [0.15, 0.2) is 0 Å². The maximum Gasteiger partial charge on any atom is 0.416 e. The third-order valence-electron chi connectivity index (χ3n) is 4.76. The molecule has 0 fully saturated rings. The number of hydrazine groups is 2. The molecule has 0 radical (unpaired) electrons. The van der Waals surface area contributed by atoms with Gasteiger partial charge in [-0.15, -0.1) is 5.53 Å². The molecular weight excluding hydrogens is 487 g/mol. The molecule has 1 amide bonds. The average Bonchev–Trinajstić information content (AvgIpc) is 3.23. The molecule has 1 aromatic heterocycles. The quantitative estimate of drug-likeness (QED) is 0.453. The monoisotopic (exact) mass is 503 g/mol. The zero-order chi connectivity index (χ0) is 22.9. The lowest BCUT2D eigenvalue weighted by Crippen LogP contribution is -2.36.